The van der Waals surface area contributed by atoms with Crippen molar-refractivity contribution in [3.63, 3.8) is 0 Å². The van der Waals surface area contributed by atoms with E-state index in [1.807, 2.05) is 6.07 Å². The summed E-state index contributed by atoms with van der Waals surface area (Å²) in [7, 11) is 0. The van der Waals surface area contributed by atoms with E-state index in [4.69, 9.17) is 5.73 Å². The third kappa shape index (κ3) is 3.39. The van der Waals surface area contributed by atoms with Crippen LogP contribution in [-0.2, 0) is 4.79 Å². The molecule has 0 aromatic carbocycles. The molecule has 0 spiro atoms. The lowest BCUT2D eigenvalue weighted by Gasteiger charge is -2.33. The molecule has 130 valence electrons. The maximum absolute atomic E-state index is 12.3. The van der Waals surface area contributed by atoms with Gasteiger partial charge in [0.25, 0.3) is 0 Å². The number of carbonyl (C=O) groups is 1. The lowest BCUT2D eigenvalue weighted by molar-refractivity contribution is -0.162. The number of carbonyl (C=O) groups excluding carboxylic acids is 1. The first-order chi connectivity index (χ1) is 11.3. The number of H-pyrrole nitrogens is 1. The van der Waals surface area contributed by atoms with Gasteiger partial charge in [0, 0.05) is 36.5 Å². The summed E-state index contributed by atoms with van der Waals surface area (Å²) in [5.74, 6) is -0.149. The normalized spacial score (nSPS) is 20.5. The minimum absolute atomic E-state index is 0.0108. The van der Waals surface area contributed by atoms with Gasteiger partial charge in [-0.2, -0.15) is 13.2 Å². The molecule has 0 bridgehead atoms. The third-order valence-corrected chi connectivity index (χ3v) is 4.32. The first-order valence-electron chi connectivity index (χ1n) is 7.66. The van der Waals surface area contributed by atoms with Gasteiger partial charge in [-0.1, -0.05) is 0 Å². The molecule has 3 rings (SSSR count). The topological polar surface area (TPSA) is 86.5 Å². The van der Waals surface area contributed by atoms with Crippen molar-refractivity contribution < 1.29 is 18.0 Å². The number of rotatable bonds is 2. The first kappa shape index (κ1) is 16.4. The maximum atomic E-state index is 12.3. The van der Waals surface area contributed by atoms with Crippen molar-refractivity contribution in [3.05, 3.63) is 23.5 Å². The second kappa shape index (κ2) is 6.21. The summed E-state index contributed by atoms with van der Waals surface area (Å²) in [5, 5.41) is 3.04. The van der Waals surface area contributed by atoms with E-state index < -0.39 is 18.5 Å². The van der Waals surface area contributed by atoms with E-state index in [1.54, 1.807) is 12.5 Å². The predicted molar refractivity (Wildman–Crippen MR) is 83.2 cm³/mol. The first-order valence-corrected chi connectivity index (χ1v) is 7.66. The summed E-state index contributed by atoms with van der Waals surface area (Å²) in [5.41, 5.74) is 8.55. The molecular weight excluding hydrogens is 323 g/mol. The molecule has 4 N–H and O–H groups in total. The molecule has 9 heteroatoms. The van der Waals surface area contributed by atoms with Crippen LogP contribution in [0, 0.1) is 5.92 Å². The Labute approximate surface area is 136 Å². The number of alkyl halides is 3. The summed E-state index contributed by atoms with van der Waals surface area (Å²) < 4.78 is 37.0. The highest BCUT2D eigenvalue weighted by atomic mass is 19.4. The van der Waals surface area contributed by atoms with Crippen molar-refractivity contribution in [3.8, 4) is 0 Å². The quantitative estimate of drug-likeness (QED) is 0.770. The molecule has 0 aliphatic carbocycles. The average molecular weight is 341 g/mol. The van der Waals surface area contributed by atoms with Gasteiger partial charge in [0.2, 0.25) is 5.91 Å². The van der Waals surface area contributed by atoms with Crippen molar-refractivity contribution in [2.24, 2.45) is 16.6 Å². The highest BCUT2D eigenvalue weighted by Crippen LogP contribution is 2.32. The maximum Gasteiger partial charge on any atom is 0.397 e. The van der Waals surface area contributed by atoms with Crippen molar-refractivity contribution in [2.75, 3.05) is 13.1 Å². The van der Waals surface area contributed by atoms with Crippen LogP contribution in [0.5, 0.6) is 0 Å². The summed E-state index contributed by atoms with van der Waals surface area (Å²) >= 11 is 0. The average Bonchev–Trinajstić information content (AvgIpc) is 3.01. The molecule has 1 amide bonds. The van der Waals surface area contributed by atoms with Gasteiger partial charge in [-0.05, 0) is 18.9 Å². The number of aromatic nitrogens is 1. The monoisotopic (exact) mass is 341 g/mol. The fraction of sp³-hybridized carbons (Fsp3) is 0.467. The van der Waals surface area contributed by atoms with Gasteiger partial charge in [0.05, 0.1) is 12.0 Å². The van der Waals surface area contributed by atoms with Gasteiger partial charge >= 0.3 is 6.18 Å². The molecule has 2 aliphatic rings. The molecular formula is C15H18F3N5O. The molecule has 0 atom stereocenters. The summed E-state index contributed by atoms with van der Waals surface area (Å²) in [4.78, 5) is 20.1. The second-order valence-corrected chi connectivity index (χ2v) is 5.92. The number of nitrogens with one attached hydrogen (secondary N) is 2. The number of nitrogens with zero attached hydrogens (tertiary/aromatic N) is 2. The fourth-order valence-electron chi connectivity index (χ4n) is 3.07. The Morgan fingerprint density at radius 2 is 2.08 bits per heavy atom. The Morgan fingerprint density at radius 1 is 1.38 bits per heavy atom. The van der Waals surface area contributed by atoms with Crippen LogP contribution in [0.3, 0.4) is 0 Å². The zero-order chi connectivity index (χ0) is 17.3. The largest absolute Gasteiger partial charge is 0.400 e. The van der Waals surface area contributed by atoms with Crippen LogP contribution in [0.1, 0.15) is 24.8 Å². The van der Waals surface area contributed by atoms with Crippen LogP contribution >= 0.6 is 0 Å². The molecule has 3 heterocycles. The van der Waals surface area contributed by atoms with E-state index in [1.165, 1.54) is 4.90 Å². The third-order valence-electron chi connectivity index (χ3n) is 4.32. The molecule has 2 aliphatic heterocycles. The van der Waals surface area contributed by atoms with E-state index in [0.717, 1.165) is 11.3 Å². The zero-order valence-corrected chi connectivity index (χ0v) is 12.9. The summed E-state index contributed by atoms with van der Waals surface area (Å²) in [6.07, 6.45) is -1.48. The number of nitrogens with two attached hydrogens (primary N) is 1. The van der Waals surface area contributed by atoms with Gasteiger partial charge in [0.1, 0.15) is 12.2 Å². The lowest BCUT2D eigenvalue weighted by atomic mass is 9.91. The van der Waals surface area contributed by atoms with Gasteiger partial charge in [0.15, 0.2) is 0 Å². The van der Waals surface area contributed by atoms with Crippen molar-refractivity contribution in [2.45, 2.75) is 25.4 Å². The number of aromatic amines is 1. The smallest absolute Gasteiger partial charge is 0.397 e. The number of piperidine rings is 1. The number of hydrogen-bond acceptors (Lipinski definition) is 4. The van der Waals surface area contributed by atoms with E-state index in [-0.39, 0.29) is 19.0 Å². The Bertz CT molecular complexity index is 684. The number of fused-ring (bicyclic) bond motifs is 1. The van der Waals surface area contributed by atoms with Crippen LogP contribution in [-0.4, -0.2) is 41.4 Å². The van der Waals surface area contributed by atoms with Crippen molar-refractivity contribution >= 4 is 23.8 Å². The van der Waals surface area contributed by atoms with Gasteiger partial charge in [-0.15, -0.1) is 0 Å². The fourth-order valence-corrected chi connectivity index (χ4v) is 3.07. The van der Waals surface area contributed by atoms with Crippen LogP contribution in [0.15, 0.2) is 23.0 Å². The number of halogens is 3. The summed E-state index contributed by atoms with van der Waals surface area (Å²) in [6, 6.07) is 1.86. The highest BCUT2D eigenvalue weighted by molar-refractivity contribution is 5.87. The van der Waals surface area contributed by atoms with E-state index >= 15 is 0 Å². The van der Waals surface area contributed by atoms with Crippen LogP contribution in [0.2, 0.25) is 0 Å². The molecule has 1 saturated heterocycles. The minimum atomic E-state index is -4.47. The Morgan fingerprint density at radius 3 is 2.75 bits per heavy atom. The van der Waals surface area contributed by atoms with Gasteiger partial charge in [-0.25, -0.2) is 4.99 Å². The Hall–Kier alpha value is -2.45. The van der Waals surface area contributed by atoms with Gasteiger partial charge < -0.3 is 20.9 Å². The lowest BCUT2D eigenvalue weighted by Crippen LogP contribution is -2.41. The molecule has 0 radical (unpaired) electrons. The van der Waals surface area contributed by atoms with Crippen molar-refractivity contribution in [1.29, 1.82) is 0 Å². The van der Waals surface area contributed by atoms with Crippen LogP contribution in [0.25, 0.3) is 5.70 Å². The number of amides is 1. The molecule has 1 fully saturated rings. The predicted octanol–water partition coefficient (Wildman–Crippen LogP) is 2.10. The molecule has 1 aromatic rings. The van der Waals surface area contributed by atoms with E-state index in [9.17, 15) is 18.0 Å². The van der Waals surface area contributed by atoms with Gasteiger partial charge in [-0.3, -0.25) is 4.79 Å². The molecule has 0 unspecified atom stereocenters. The Kier molecular flexibility index (Phi) is 4.25. The van der Waals surface area contributed by atoms with Crippen LogP contribution < -0.4 is 11.1 Å². The number of likely N-dealkylation sites (tertiary alicyclic amines) is 1. The highest BCUT2D eigenvalue weighted by Gasteiger charge is 2.35. The Balaban J connectivity index is 1.66. The zero-order valence-electron chi connectivity index (χ0n) is 12.9. The standard InChI is InChI=1S/C15H18F3N5O/c16-15(17,18)7-11(24)23-5-2-9(3-6-23)12(19)13-10-1-4-20-14(10)22-8-21-13/h1,4,8-9,20H,2-3,5-7,19H2,(H,21,22)/b13-12-. The molecule has 6 nitrogen and oxygen atoms in total. The van der Waals surface area contributed by atoms with E-state index in [2.05, 4.69) is 15.3 Å². The second-order valence-electron chi connectivity index (χ2n) is 5.92. The van der Waals surface area contributed by atoms with Crippen molar-refractivity contribution in [1.82, 2.24) is 15.2 Å². The molecule has 1 aromatic heterocycles. The van der Waals surface area contributed by atoms with E-state index in [0.29, 0.717) is 24.4 Å². The molecule has 24 heavy (non-hydrogen) atoms. The minimum Gasteiger partial charge on any atom is -0.400 e. The SMILES string of the molecule is N/C(=C1\NC=Nc2[nH]ccc21)C1CCN(C(=O)CC(F)(F)F)CC1. The number of allylic oxidation sites excluding steroid dienone is 1. The number of aliphatic imine (C=N–C) groups is 1. The summed E-state index contributed by atoms with van der Waals surface area (Å²) in [6.45, 7) is 0.559. The van der Waals surface area contributed by atoms with Crippen LogP contribution in [0.4, 0.5) is 19.0 Å². The number of hydrogen-bond donors (Lipinski definition) is 3. The molecule has 0 saturated carbocycles.